The van der Waals surface area contributed by atoms with Gasteiger partial charge in [0.2, 0.25) is 0 Å². The maximum absolute atomic E-state index is 11.2. The molecule has 1 amide bonds. The fraction of sp³-hybridized carbons (Fsp3) is 0.333. The fourth-order valence-electron chi connectivity index (χ4n) is 0.701. The molecule has 0 unspecified atom stereocenters. The van der Waals surface area contributed by atoms with E-state index in [1.54, 1.807) is 0 Å². The van der Waals surface area contributed by atoms with E-state index >= 15 is 0 Å². The van der Waals surface area contributed by atoms with Crippen LogP contribution in [0.4, 0.5) is 0 Å². The summed E-state index contributed by atoms with van der Waals surface area (Å²) in [6.45, 7) is 0.418. The average molecular weight is 199 g/mol. The van der Waals surface area contributed by atoms with Crippen LogP contribution >= 0.6 is 12.2 Å². The van der Waals surface area contributed by atoms with Crippen LogP contribution in [0.15, 0.2) is 6.20 Å². The SMILES string of the molecule is NC(=S)CCNC(=O)c1cn[nH]n1. The van der Waals surface area contributed by atoms with E-state index in [0.29, 0.717) is 18.0 Å². The Morgan fingerprint density at radius 2 is 2.54 bits per heavy atom. The van der Waals surface area contributed by atoms with Crippen molar-refractivity contribution in [1.29, 1.82) is 0 Å². The van der Waals surface area contributed by atoms with Crippen LogP contribution in [-0.2, 0) is 0 Å². The molecule has 0 radical (unpaired) electrons. The smallest absolute Gasteiger partial charge is 0.273 e. The van der Waals surface area contributed by atoms with Crippen molar-refractivity contribution in [1.82, 2.24) is 20.7 Å². The van der Waals surface area contributed by atoms with Gasteiger partial charge in [-0.3, -0.25) is 4.79 Å². The second kappa shape index (κ2) is 4.51. The van der Waals surface area contributed by atoms with Crippen molar-refractivity contribution >= 4 is 23.1 Å². The largest absolute Gasteiger partial charge is 0.393 e. The monoisotopic (exact) mass is 199 g/mol. The molecule has 0 aromatic carbocycles. The number of aromatic nitrogens is 3. The average Bonchev–Trinajstić information content (AvgIpc) is 2.55. The third-order valence-electron chi connectivity index (χ3n) is 1.30. The molecule has 0 bridgehead atoms. The number of rotatable bonds is 4. The molecule has 0 aliphatic rings. The first-order valence-corrected chi connectivity index (χ1v) is 4.03. The van der Waals surface area contributed by atoms with Crippen molar-refractivity contribution in [3.8, 4) is 0 Å². The van der Waals surface area contributed by atoms with Crippen LogP contribution in [0.1, 0.15) is 16.9 Å². The van der Waals surface area contributed by atoms with Gasteiger partial charge in [0, 0.05) is 13.0 Å². The normalized spacial score (nSPS) is 9.54. The lowest BCUT2D eigenvalue weighted by atomic mass is 10.4. The van der Waals surface area contributed by atoms with Crippen LogP contribution in [0.5, 0.6) is 0 Å². The third-order valence-corrected chi connectivity index (χ3v) is 1.51. The zero-order valence-corrected chi connectivity index (χ0v) is 7.60. The highest BCUT2D eigenvalue weighted by molar-refractivity contribution is 7.80. The van der Waals surface area contributed by atoms with Gasteiger partial charge in [0.25, 0.3) is 5.91 Å². The van der Waals surface area contributed by atoms with Crippen LogP contribution in [0, 0.1) is 0 Å². The summed E-state index contributed by atoms with van der Waals surface area (Å²) in [7, 11) is 0. The molecule has 1 aromatic heterocycles. The van der Waals surface area contributed by atoms with Gasteiger partial charge in [-0.15, -0.1) is 0 Å². The van der Waals surface area contributed by atoms with Crippen LogP contribution in [0.2, 0.25) is 0 Å². The predicted molar refractivity (Wildman–Crippen MR) is 50.1 cm³/mol. The van der Waals surface area contributed by atoms with Crippen molar-refractivity contribution in [2.75, 3.05) is 6.54 Å². The molecule has 0 spiro atoms. The Bertz CT molecular complexity index is 296. The number of amides is 1. The molecule has 6 nitrogen and oxygen atoms in total. The minimum Gasteiger partial charge on any atom is -0.393 e. The molecule has 0 atom stereocenters. The molecule has 0 aliphatic heterocycles. The van der Waals surface area contributed by atoms with Crippen molar-refractivity contribution in [3.05, 3.63) is 11.9 Å². The van der Waals surface area contributed by atoms with Gasteiger partial charge in [0.05, 0.1) is 11.2 Å². The number of H-pyrrole nitrogens is 1. The maximum Gasteiger partial charge on any atom is 0.273 e. The summed E-state index contributed by atoms with van der Waals surface area (Å²) in [5.74, 6) is -0.287. The Morgan fingerprint density at radius 1 is 1.77 bits per heavy atom. The van der Waals surface area contributed by atoms with E-state index in [4.69, 9.17) is 5.73 Å². The van der Waals surface area contributed by atoms with Gasteiger partial charge in [-0.25, -0.2) is 0 Å². The van der Waals surface area contributed by atoms with Gasteiger partial charge in [0.1, 0.15) is 0 Å². The summed E-state index contributed by atoms with van der Waals surface area (Å²) in [6.07, 6.45) is 1.83. The van der Waals surface area contributed by atoms with Crippen molar-refractivity contribution in [3.63, 3.8) is 0 Å². The second-order valence-corrected chi connectivity index (χ2v) is 2.85. The van der Waals surface area contributed by atoms with Gasteiger partial charge in [-0.05, 0) is 0 Å². The van der Waals surface area contributed by atoms with E-state index in [0.717, 1.165) is 0 Å². The molecule has 0 saturated heterocycles. The van der Waals surface area contributed by atoms with Gasteiger partial charge in [0.15, 0.2) is 5.69 Å². The number of hydrogen-bond donors (Lipinski definition) is 3. The van der Waals surface area contributed by atoms with Crippen LogP contribution in [0.3, 0.4) is 0 Å². The third kappa shape index (κ3) is 3.16. The summed E-state index contributed by atoms with van der Waals surface area (Å²) < 4.78 is 0. The van der Waals surface area contributed by atoms with Gasteiger partial charge < -0.3 is 11.1 Å². The minimum absolute atomic E-state index is 0.253. The Hall–Kier alpha value is -1.50. The Labute approximate surface area is 79.9 Å². The number of nitrogens with zero attached hydrogens (tertiary/aromatic N) is 2. The van der Waals surface area contributed by atoms with Gasteiger partial charge >= 0.3 is 0 Å². The van der Waals surface area contributed by atoms with Gasteiger partial charge in [-0.1, -0.05) is 12.2 Å². The van der Waals surface area contributed by atoms with E-state index in [9.17, 15) is 4.79 Å². The number of aromatic amines is 1. The van der Waals surface area contributed by atoms with E-state index in [1.165, 1.54) is 6.20 Å². The van der Waals surface area contributed by atoms with Crippen molar-refractivity contribution in [2.24, 2.45) is 5.73 Å². The number of nitrogens with two attached hydrogens (primary N) is 1. The second-order valence-electron chi connectivity index (χ2n) is 2.33. The molecule has 1 heterocycles. The highest BCUT2D eigenvalue weighted by Gasteiger charge is 2.06. The molecule has 1 aromatic rings. The fourth-order valence-corrected chi connectivity index (χ4v) is 0.803. The summed E-state index contributed by atoms with van der Waals surface area (Å²) in [6, 6.07) is 0. The minimum atomic E-state index is -0.287. The number of nitrogens with one attached hydrogen (secondary N) is 2. The molecule has 0 aliphatic carbocycles. The zero-order chi connectivity index (χ0) is 9.68. The lowest BCUT2D eigenvalue weighted by Gasteiger charge is -2.00. The number of carbonyl (C=O) groups is 1. The lowest BCUT2D eigenvalue weighted by Crippen LogP contribution is -2.27. The lowest BCUT2D eigenvalue weighted by molar-refractivity contribution is 0.0950. The van der Waals surface area contributed by atoms with E-state index in [1.807, 2.05) is 0 Å². The van der Waals surface area contributed by atoms with Crippen molar-refractivity contribution in [2.45, 2.75) is 6.42 Å². The zero-order valence-electron chi connectivity index (χ0n) is 6.78. The number of hydrogen-bond acceptors (Lipinski definition) is 4. The predicted octanol–water partition coefficient (Wildman–Crippen LogP) is -0.789. The van der Waals surface area contributed by atoms with Crippen molar-refractivity contribution < 1.29 is 4.79 Å². The summed E-state index contributed by atoms with van der Waals surface area (Å²) >= 11 is 4.64. The standard InChI is InChI=1S/C6H9N5OS/c7-5(13)1-2-8-6(12)4-3-9-11-10-4/h3H,1-2H2,(H2,7,13)(H,8,12)(H,9,10,11). The summed E-state index contributed by atoms with van der Waals surface area (Å²) in [5.41, 5.74) is 5.50. The molecular formula is C6H9N5OS. The first kappa shape index (κ1) is 9.59. The van der Waals surface area contributed by atoms with E-state index in [-0.39, 0.29) is 11.6 Å². The molecule has 0 saturated carbocycles. The Kier molecular flexibility index (Phi) is 3.32. The maximum atomic E-state index is 11.2. The highest BCUT2D eigenvalue weighted by atomic mass is 32.1. The molecule has 4 N–H and O–H groups in total. The molecule has 7 heteroatoms. The summed E-state index contributed by atoms with van der Waals surface area (Å²) in [5, 5.41) is 12.0. The Morgan fingerprint density at radius 3 is 3.08 bits per heavy atom. The molecular weight excluding hydrogens is 190 g/mol. The van der Waals surface area contributed by atoms with E-state index < -0.39 is 0 Å². The highest BCUT2D eigenvalue weighted by Crippen LogP contribution is 1.87. The molecule has 0 fully saturated rings. The number of thiocarbonyl (C=S) groups is 1. The quantitative estimate of drug-likeness (QED) is 0.552. The van der Waals surface area contributed by atoms with Gasteiger partial charge in [-0.2, -0.15) is 15.4 Å². The van der Waals surface area contributed by atoms with Crippen LogP contribution < -0.4 is 11.1 Å². The van der Waals surface area contributed by atoms with Crippen LogP contribution in [-0.4, -0.2) is 32.9 Å². The van der Waals surface area contributed by atoms with Crippen LogP contribution in [0.25, 0.3) is 0 Å². The first-order valence-electron chi connectivity index (χ1n) is 3.62. The topological polar surface area (TPSA) is 96.7 Å². The number of carbonyl (C=O) groups excluding carboxylic acids is 1. The molecule has 1 rings (SSSR count). The first-order chi connectivity index (χ1) is 6.20. The Balaban J connectivity index is 2.31. The molecule has 13 heavy (non-hydrogen) atoms. The van der Waals surface area contributed by atoms with E-state index in [2.05, 4.69) is 32.9 Å². The molecule has 70 valence electrons. The summed E-state index contributed by atoms with van der Waals surface area (Å²) in [4.78, 5) is 11.5.